The molecule has 1 atom stereocenters. The fourth-order valence-electron chi connectivity index (χ4n) is 2.08. The van der Waals surface area contributed by atoms with E-state index in [0.29, 0.717) is 24.7 Å². The molecule has 0 aliphatic carbocycles. The van der Waals surface area contributed by atoms with Gasteiger partial charge in [-0.2, -0.15) is 0 Å². The highest BCUT2D eigenvalue weighted by atomic mass is 35.5. The average molecular weight is 308 g/mol. The summed E-state index contributed by atoms with van der Waals surface area (Å²) in [6, 6.07) is 11.3. The first-order valence-electron chi connectivity index (χ1n) is 6.90. The molecule has 112 valence electrons. The Morgan fingerprint density at radius 2 is 1.95 bits per heavy atom. The van der Waals surface area contributed by atoms with E-state index >= 15 is 0 Å². The van der Waals surface area contributed by atoms with Gasteiger partial charge < -0.3 is 14.6 Å². The lowest BCUT2D eigenvalue weighted by Crippen LogP contribution is -3.08. The number of nitrogens with one attached hydrogen (secondary N) is 2. The second kappa shape index (κ2) is 7.29. The van der Waals surface area contributed by atoms with E-state index < -0.39 is 0 Å². The minimum atomic E-state index is 0.0192. The van der Waals surface area contributed by atoms with Crippen molar-refractivity contribution >= 4 is 17.5 Å². The van der Waals surface area contributed by atoms with Crippen molar-refractivity contribution in [2.75, 3.05) is 13.6 Å². The zero-order valence-electron chi connectivity index (χ0n) is 12.3. The van der Waals surface area contributed by atoms with Gasteiger partial charge in [0.2, 0.25) is 0 Å². The quantitative estimate of drug-likeness (QED) is 0.851. The van der Waals surface area contributed by atoms with Gasteiger partial charge in [0.25, 0.3) is 5.91 Å². The van der Waals surface area contributed by atoms with Crippen LogP contribution >= 0.6 is 11.6 Å². The lowest BCUT2D eigenvalue weighted by molar-refractivity contribution is -0.886. The van der Waals surface area contributed by atoms with Crippen molar-refractivity contribution in [3.05, 3.63) is 58.5 Å². The molecule has 2 rings (SSSR count). The summed E-state index contributed by atoms with van der Waals surface area (Å²) in [5.74, 6) is 1.81. The molecule has 1 aromatic carbocycles. The first-order valence-corrected chi connectivity index (χ1v) is 7.28. The third-order valence-corrected chi connectivity index (χ3v) is 3.39. The van der Waals surface area contributed by atoms with Crippen LogP contribution in [-0.4, -0.2) is 19.5 Å². The van der Waals surface area contributed by atoms with Crippen LogP contribution in [0.3, 0.4) is 0 Å². The summed E-state index contributed by atoms with van der Waals surface area (Å²) < 4.78 is 5.51. The standard InChI is InChI=1S/C16H19ClN2O2/c1-12-3-8-15(21-12)10-19(2)11-16(20)18-9-13-4-6-14(17)7-5-13/h3-8H,9-11H2,1-2H3,(H,18,20)/p+1. The number of hydrogen-bond acceptors (Lipinski definition) is 2. The van der Waals surface area contributed by atoms with Gasteiger partial charge in [0.05, 0.1) is 7.05 Å². The van der Waals surface area contributed by atoms with E-state index in [-0.39, 0.29) is 5.91 Å². The molecule has 4 nitrogen and oxygen atoms in total. The Balaban J connectivity index is 1.74. The summed E-state index contributed by atoms with van der Waals surface area (Å²) in [6.07, 6.45) is 0. The predicted octanol–water partition coefficient (Wildman–Crippen LogP) is 1.57. The van der Waals surface area contributed by atoms with E-state index in [1.165, 1.54) is 0 Å². The highest BCUT2D eigenvalue weighted by molar-refractivity contribution is 6.30. The van der Waals surface area contributed by atoms with Crippen molar-refractivity contribution < 1.29 is 14.1 Å². The summed E-state index contributed by atoms with van der Waals surface area (Å²) in [6.45, 7) is 3.54. The maximum absolute atomic E-state index is 11.9. The number of likely N-dealkylation sites (N-methyl/N-ethyl adjacent to an activating group) is 1. The summed E-state index contributed by atoms with van der Waals surface area (Å²) >= 11 is 5.82. The first-order chi connectivity index (χ1) is 10.0. The lowest BCUT2D eigenvalue weighted by atomic mass is 10.2. The van der Waals surface area contributed by atoms with E-state index in [1.807, 2.05) is 50.4 Å². The minimum Gasteiger partial charge on any atom is -0.460 e. The van der Waals surface area contributed by atoms with Gasteiger partial charge in [-0.1, -0.05) is 23.7 Å². The van der Waals surface area contributed by atoms with Gasteiger partial charge in [-0.05, 0) is 36.8 Å². The van der Waals surface area contributed by atoms with Crippen molar-refractivity contribution in [1.29, 1.82) is 0 Å². The number of carbonyl (C=O) groups is 1. The molecule has 1 unspecified atom stereocenters. The monoisotopic (exact) mass is 307 g/mol. The topological polar surface area (TPSA) is 46.7 Å². The van der Waals surface area contributed by atoms with Gasteiger partial charge in [0, 0.05) is 11.6 Å². The molecule has 5 heteroatoms. The molecule has 0 saturated heterocycles. The SMILES string of the molecule is Cc1ccc(C[NH+](C)CC(=O)NCc2ccc(Cl)cc2)o1. The van der Waals surface area contributed by atoms with Gasteiger partial charge in [-0.25, -0.2) is 0 Å². The molecule has 0 bridgehead atoms. The number of aryl methyl sites for hydroxylation is 1. The Morgan fingerprint density at radius 1 is 1.24 bits per heavy atom. The van der Waals surface area contributed by atoms with Crippen molar-refractivity contribution in [3.63, 3.8) is 0 Å². The molecule has 0 aliphatic rings. The van der Waals surface area contributed by atoms with Crippen LogP contribution in [0.1, 0.15) is 17.1 Å². The molecule has 2 aromatic rings. The molecule has 0 aliphatic heterocycles. The number of furan rings is 1. The highest BCUT2D eigenvalue weighted by Crippen LogP contribution is 2.09. The van der Waals surface area contributed by atoms with Gasteiger partial charge in [-0.15, -0.1) is 0 Å². The zero-order valence-corrected chi connectivity index (χ0v) is 13.0. The maximum Gasteiger partial charge on any atom is 0.275 e. The fraction of sp³-hybridized carbons (Fsp3) is 0.312. The summed E-state index contributed by atoms with van der Waals surface area (Å²) in [5, 5.41) is 3.60. The number of amides is 1. The van der Waals surface area contributed by atoms with Crippen LogP contribution in [-0.2, 0) is 17.9 Å². The zero-order chi connectivity index (χ0) is 15.2. The highest BCUT2D eigenvalue weighted by Gasteiger charge is 2.12. The lowest BCUT2D eigenvalue weighted by Gasteiger charge is -2.12. The maximum atomic E-state index is 11.9. The fourth-order valence-corrected chi connectivity index (χ4v) is 2.21. The Bertz CT molecular complexity index is 593. The van der Waals surface area contributed by atoms with Crippen LogP contribution < -0.4 is 10.2 Å². The van der Waals surface area contributed by atoms with Crippen molar-refractivity contribution in [3.8, 4) is 0 Å². The van der Waals surface area contributed by atoms with Crippen molar-refractivity contribution in [1.82, 2.24) is 5.32 Å². The second-order valence-corrected chi connectivity index (χ2v) is 5.66. The molecule has 1 aromatic heterocycles. The minimum absolute atomic E-state index is 0.0192. The second-order valence-electron chi connectivity index (χ2n) is 5.23. The van der Waals surface area contributed by atoms with Gasteiger partial charge in [-0.3, -0.25) is 4.79 Å². The molecular weight excluding hydrogens is 288 g/mol. The third kappa shape index (κ3) is 5.25. The summed E-state index contributed by atoms with van der Waals surface area (Å²) in [5.41, 5.74) is 1.03. The smallest absolute Gasteiger partial charge is 0.275 e. The van der Waals surface area contributed by atoms with Crippen LogP contribution in [0, 0.1) is 6.92 Å². The molecular formula is C16H20ClN2O2+. The molecule has 0 saturated carbocycles. The van der Waals surface area contributed by atoms with Gasteiger partial charge in [0.1, 0.15) is 12.3 Å². The Morgan fingerprint density at radius 3 is 2.57 bits per heavy atom. The van der Waals surface area contributed by atoms with Gasteiger partial charge >= 0.3 is 0 Å². The summed E-state index contributed by atoms with van der Waals surface area (Å²) in [4.78, 5) is 13.0. The predicted molar refractivity (Wildman–Crippen MR) is 82.2 cm³/mol. The molecule has 21 heavy (non-hydrogen) atoms. The van der Waals surface area contributed by atoms with E-state index in [4.69, 9.17) is 16.0 Å². The largest absolute Gasteiger partial charge is 0.460 e. The van der Waals surface area contributed by atoms with Crippen molar-refractivity contribution in [2.45, 2.75) is 20.0 Å². The van der Waals surface area contributed by atoms with E-state index in [1.54, 1.807) is 0 Å². The Labute approximate surface area is 129 Å². The number of hydrogen-bond donors (Lipinski definition) is 2. The molecule has 0 radical (unpaired) electrons. The number of carbonyl (C=O) groups excluding carboxylic acids is 1. The van der Waals surface area contributed by atoms with Crippen LogP contribution in [0.4, 0.5) is 0 Å². The van der Waals surface area contributed by atoms with Crippen LogP contribution in [0.25, 0.3) is 0 Å². The molecule has 2 N–H and O–H groups in total. The van der Waals surface area contributed by atoms with Crippen molar-refractivity contribution in [2.24, 2.45) is 0 Å². The van der Waals surface area contributed by atoms with E-state index in [2.05, 4.69) is 5.32 Å². The van der Waals surface area contributed by atoms with Crippen LogP contribution in [0.15, 0.2) is 40.8 Å². The van der Waals surface area contributed by atoms with Crippen LogP contribution in [0.2, 0.25) is 5.02 Å². The van der Waals surface area contributed by atoms with E-state index in [0.717, 1.165) is 22.0 Å². The summed E-state index contributed by atoms with van der Waals surface area (Å²) in [7, 11) is 1.97. The van der Waals surface area contributed by atoms with Crippen LogP contribution in [0.5, 0.6) is 0 Å². The number of quaternary nitrogens is 1. The Hall–Kier alpha value is -1.78. The number of rotatable bonds is 6. The number of halogens is 1. The number of benzene rings is 1. The molecule has 1 heterocycles. The van der Waals surface area contributed by atoms with Gasteiger partial charge in [0.15, 0.2) is 12.3 Å². The average Bonchev–Trinajstić information content (AvgIpc) is 2.83. The molecule has 1 amide bonds. The molecule has 0 fully saturated rings. The van der Waals surface area contributed by atoms with E-state index in [9.17, 15) is 4.79 Å². The Kier molecular flexibility index (Phi) is 5.42. The molecule has 0 spiro atoms. The normalized spacial score (nSPS) is 12.1. The third-order valence-electron chi connectivity index (χ3n) is 3.14. The first kappa shape index (κ1) is 15.6.